The van der Waals surface area contributed by atoms with E-state index in [9.17, 15) is 9.90 Å². The molecule has 0 aliphatic carbocycles. The molecule has 0 saturated carbocycles. The highest BCUT2D eigenvalue weighted by atomic mass is 35.5. The minimum atomic E-state index is 0.103. The summed E-state index contributed by atoms with van der Waals surface area (Å²) < 4.78 is 0. The number of phenols is 1. The van der Waals surface area contributed by atoms with Crippen molar-refractivity contribution in [2.45, 2.75) is 26.2 Å². The number of hydrogen-bond acceptors (Lipinski definition) is 2. The summed E-state index contributed by atoms with van der Waals surface area (Å²) in [4.78, 5) is 12.0. The monoisotopic (exact) mass is 288 g/mol. The van der Waals surface area contributed by atoms with Gasteiger partial charge in [0.2, 0.25) is 0 Å². The maximum absolute atomic E-state index is 12.0. The van der Waals surface area contributed by atoms with E-state index in [1.165, 1.54) is 0 Å². The van der Waals surface area contributed by atoms with E-state index in [2.05, 4.69) is 0 Å². The molecule has 1 N–H and O–H groups in total. The van der Waals surface area contributed by atoms with Crippen molar-refractivity contribution in [1.29, 1.82) is 0 Å². The van der Waals surface area contributed by atoms with Gasteiger partial charge < -0.3 is 5.11 Å². The highest BCUT2D eigenvalue weighted by Crippen LogP contribution is 2.21. The zero-order chi connectivity index (χ0) is 14.5. The number of carbonyl (C=O) groups excluding carboxylic acids is 1. The highest BCUT2D eigenvalue weighted by molar-refractivity contribution is 6.31. The molecule has 0 amide bonds. The van der Waals surface area contributed by atoms with E-state index in [-0.39, 0.29) is 18.0 Å². The fraction of sp³-hybridized carbons (Fsp3) is 0.235. The number of phenolic OH excluding ortho intramolecular Hbond substituents is 1. The van der Waals surface area contributed by atoms with Gasteiger partial charge in [-0.05, 0) is 31.0 Å². The predicted molar refractivity (Wildman–Crippen MR) is 81.3 cm³/mol. The van der Waals surface area contributed by atoms with Crippen LogP contribution in [0.25, 0.3) is 0 Å². The van der Waals surface area contributed by atoms with Crippen LogP contribution in [0.2, 0.25) is 5.02 Å². The normalized spacial score (nSPS) is 10.5. The minimum Gasteiger partial charge on any atom is -0.508 e. The van der Waals surface area contributed by atoms with Gasteiger partial charge in [-0.25, -0.2) is 0 Å². The summed E-state index contributed by atoms with van der Waals surface area (Å²) >= 11 is 6.06. The second-order valence-electron chi connectivity index (χ2n) is 4.94. The summed E-state index contributed by atoms with van der Waals surface area (Å²) in [5.74, 6) is 0.285. The second kappa shape index (κ2) is 6.58. The van der Waals surface area contributed by atoms with Gasteiger partial charge in [0.25, 0.3) is 0 Å². The average Bonchev–Trinajstić information content (AvgIpc) is 2.42. The Bertz CT molecular complexity index is 620. The van der Waals surface area contributed by atoms with E-state index >= 15 is 0 Å². The number of carbonyl (C=O) groups is 1. The molecular formula is C17H17ClO2. The van der Waals surface area contributed by atoms with Crippen LogP contribution in [-0.2, 0) is 17.6 Å². The zero-order valence-electron chi connectivity index (χ0n) is 11.4. The van der Waals surface area contributed by atoms with Gasteiger partial charge >= 0.3 is 0 Å². The first-order valence-electron chi connectivity index (χ1n) is 6.60. The minimum absolute atomic E-state index is 0.103. The lowest BCUT2D eigenvalue weighted by Crippen LogP contribution is -2.05. The highest BCUT2D eigenvalue weighted by Gasteiger charge is 2.09. The maximum atomic E-state index is 12.0. The van der Waals surface area contributed by atoms with E-state index in [4.69, 9.17) is 11.6 Å². The number of aromatic hydroxyl groups is 1. The molecule has 0 unspecified atom stereocenters. The first-order valence-corrected chi connectivity index (χ1v) is 6.97. The van der Waals surface area contributed by atoms with Crippen molar-refractivity contribution in [2.75, 3.05) is 0 Å². The van der Waals surface area contributed by atoms with E-state index < -0.39 is 0 Å². The van der Waals surface area contributed by atoms with Crippen molar-refractivity contribution in [3.63, 3.8) is 0 Å². The van der Waals surface area contributed by atoms with Gasteiger partial charge in [-0.1, -0.05) is 47.5 Å². The fourth-order valence-corrected chi connectivity index (χ4v) is 2.36. The Hall–Kier alpha value is -1.80. The van der Waals surface area contributed by atoms with Crippen LogP contribution in [0.4, 0.5) is 0 Å². The van der Waals surface area contributed by atoms with Gasteiger partial charge in [0.05, 0.1) is 0 Å². The molecule has 0 aliphatic rings. The molecule has 0 aromatic heterocycles. The molecule has 104 valence electrons. The number of benzene rings is 2. The van der Waals surface area contributed by atoms with E-state index in [1.54, 1.807) is 6.07 Å². The Balaban J connectivity index is 1.96. The van der Waals surface area contributed by atoms with Gasteiger partial charge in [-0.2, -0.15) is 0 Å². The Kier molecular flexibility index (Phi) is 4.80. The number of rotatable bonds is 5. The van der Waals surface area contributed by atoms with E-state index in [1.807, 2.05) is 43.3 Å². The fourth-order valence-electron chi connectivity index (χ4n) is 2.13. The number of halogens is 1. The average molecular weight is 289 g/mol. The molecule has 0 heterocycles. The van der Waals surface area contributed by atoms with Crippen LogP contribution in [-0.4, -0.2) is 10.9 Å². The molecule has 0 radical (unpaired) electrons. The number of hydrogen-bond donors (Lipinski definition) is 1. The van der Waals surface area contributed by atoms with Crippen molar-refractivity contribution in [3.8, 4) is 5.75 Å². The van der Waals surface area contributed by atoms with Gasteiger partial charge in [0.15, 0.2) is 0 Å². The summed E-state index contributed by atoms with van der Waals surface area (Å²) in [6.45, 7) is 1.94. The van der Waals surface area contributed by atoms with E-state index in [0.29, 0.717) is 23.4 Å². The van der Waals surface area contributed by atoms with Crippen LogP contribution < -0.4 is 0 Å². The summed E-state index contributed by atoms with van der Waals surface area (Å²) in [5.41, 5.74) is 2.71. The van der Waals surface area contributed by atoms with Gasteiger partial charge in [-0.15, -0.1) is 0 Å². The van der Waals surface area contributed by atoms with Crippen LogP contribution in [0, 0.1) is 6.92 Å². The molecular weight excluding hydrogens is 272 g/mol. The topological polar surface area (TPSA) is 37.3 Å². The molecule has 0 bridgehead atoms. The van der Waals surface area contributed by atoms with Gasteiger partial charge in [-0.3, -0.25) is 4.79 Å². The first-order chi connectivity index (χ1) is 9.56. The third-order valence-corrected chi connectivity index (χ3v) is 3.62. The summed E-state index contributed by atoms with van der Waals surface area (Å²) in [7, 11) is 0. The SMILES string of the molecule is Cc1ccc(O)c(CC(=O)CCc2ccccc2Cl)c1. The van der Waals surface area contributed by atoms with Crippen LogP contribution in [0.15, 0.2) is 42.5 Å². The number of aryl methyl sites for hydroxylation is 2. The van der Waals surface area contributed by atoms with E-state index in [0.717, 1.165) is 11.1 Å². The van der Waals surface area contributed by atoms with Crippen LogP contribution in [0.1, 0.15) is 23.1 Å². The molecule has 20 heavy (non-hydrogen) atoms. The largest absolute Gasteiger partial charge is 0.508 e. The number of Topliss-reactive ketones (excluding diaryl/α,β-unsaturated/α-hetero) is 1. The molecule has 2 aromatic carbocycles. The molecule has 0 saturated heterocycles. The van der Waals surface area contributed by atoms with Crippen LogP contribution in [0.3, 0.4) is 0 Å². The quantitative estimate of drug-likeness (QED) is 0.899. The van der Waals surface area contributed by atoms with Gasteiger partial charge in [0.1, 0.15) is 11.5 Å². The van der Waals surface area contributed by atoms with Crippen molar-refractivity contribution < 1.29 is 9.90 Å². The summed E-state index contributed by atoms with van der Waals surface area (Å²) in [5, 5.41) is 10.4. The molecule has 3 heteroatoms. The van der Waals surface area contributed by atoms with Crippen molar-refractivity contribution >= 4 is 17.4 Å². The molecule has 2 aromatic rings. The Morgan fingerprint density at radius 3 is 2.65 bits per heavy atom. The molecule has 0 spiro atoms. The first kappa shape index (κ1) is 14.6. The summed E-state index contributed by atoms with van der Waals surface area (Å²) in [6.07, 6.45) is 1.32. The lowest BCUT2D eigenvalue weighted by molar-refractivity contribution is -0.118. The van der Waals surface area contributed by atoms with Crippen molar-refractivity contribution in [2.24, 2.45) is 0 Å². The predicted octanol–water partition coefficient (Wildman–Crippen LogP) is 4.10. The lowest BCUT2D eigenvalue weighted by atomic mass is 10.0. The smallest absolute Gasteiger partial charge is 0.137 e. The Labute approximate surface area is 124 Å². The second-order valence-corrected chi connectivity index (χ2v) is 5.35. The molecule has 0 fully saturated rings. The van der Waals surface area contributed by atoms with Crippen LogP contribution in [0.5, 0.6) is 5.75 Å². The molecule has 0 atom stereocenters. The van der Waals surface area contributed by atoms with Gasteiger partial charge in [0, 0.05) is 23.4 Å². The zero-order valence-corrected chi connectivity index (χ0v) is 12.2. The molecule has 0 aliphatic heterocycles. The molecule has 2 nitrogen and oxygen atoms in total. The Morgan fingerprint density at radius 1 is 1.15 bits per heavy atom. The molecule has 2 rings (SSSR count). The third-order valence-electron chi connectivity index (χ3n) is 3.25. The summed E-state index contributed by atoms with van der Waals surface area (Å²) in [6, 6.07) is 12.9. The Morgan fingerprint density at radius 2 is 1.90 bits per heavy atom. The maximum Gasteiger partial charge on any atom is 0.137 e. The van der Waals surface area contributed by atoms with Crippen molar-refractivity contribution in [1.82, 2.24) is 0 Å². The number of ketones is 1. The standard InChI is InChI=1S/C17H17ClO2/c1-12-6-9-17(20)14(10-12)11-15(19)8-7-13-4-2-3-5-16(13)18/h2-6,9-10,20H,7-8,11H2,1H3. The van der Waals surface area contributed by atoms with Crippen LogP contribution >= 0.6 is 11.6 Å². The third kappa shape index (κ3) is 3.84. The lowest BCUT2D eigenvalue weighted by Gasteiger charge is -2.06. The van der Waals surface area contributed by atoms with Crippen molar-refractivity contribution in [3.05, 3.63) is 64.2 Å².